The van der Waals surface area contributed by atoms with Crippen LogP contribution in [0.2, 0.25) is 0 Å². The summed E-state index contributed by atoms with van der Waals surface area (Å²) in [5.74, 6) is 0.676. The van der Waals surface area contributed by atoms with Crippen LogP contribution >= 0.6 is 0 Å². The zero-order valence-electron chi connectivity index (χ0n) is 15.2. The van der Waals surface area contributed by atoms with E-state index < -0.39 is 0 Å². The summed E-state index contributed by atoms with van der Waals surface area (Å²) in [7, 11) is 0. The average molecular weight is 342 g/mol. The van der Waals surface area contributed by atoms with Crippen molar-refractivity contribution in [1.29, 1.82) is 0 Å². The van der Waals surface area contributed by atoms with Crippen LogP contribution in [0, 0.1) is 5.92 Å². The number of urea groups is 1. The first kappa shape index (κ1) is 16.9. The molecule has 25 heavy (non-hydrogen) atoms. The Hall–Kier alpha value is -1.59. The quantitative estimate of drug-likeness (QED) is 0.914. The minimum absolute atomic E-state index is 0.0540. The van der Waals surface area contributed by atoms with E-state index in [1.165, 1.54) is 45.4 Å². The lowest BCUT2D eigenvalue weighted by atomic mass is 9.87. The predicted molar refractivity (Wildman–Crippen MR) is 101 cm³/mol. The van der Waals surface area contributed by atoms with Gasteiger partial charge in [0.25, 0.3) is 0 Å². The number of likely N-dealkylation sites (tertiary alicyclic amines) is 3. The molecule has 0 radical (unpaired) electrons. The highest BCUT2D eigenvalue weighted by Gasteiger charge is 2.49. The lowest BCUT2D eigenvalue weighted by Crippen LogP contribution is -2.61. The molecule has 136 valence electrons. The van der Waals surface area contributed by atoms with Crippen molar-refractivity contribution in [3.8, 4) is 0 Å². The maximum absolute atomic E-state index is 12.5. The van der Waals surface area contributed by atoms with Crippen LogP contribution in [0.15, 0.2) is 30.3 Å². The molecular formula is C20H30N4O. The molecule has 3 aliphatic rings. The molecule has 3 aliphatic heterocycles. The molecule has 0 aromatic heterocycles. The van der Waals surface area contributed by atoms with Crippen molar-refractivity contribution in [2.75, 3.05) is 44.6 Å². The van der Waals surface area contributed by atoms with Gasteiger partial charge in [0.15, 0.2) is 0 Å². The number of piperidine rings is 1. The lowest BCUT2D eigenvalue weighted by molar-refractivity contribution is -0.0168. The molecular weight excluding hydrogens is 312 g/mol. The predicted octanol–water partition coefficient (Wildman–Crippen LogP) is 2.71. The van der Waals surface area contributed by atoms with Gasteiger partial charge in [0, 0.05) is 43.3 Å². The van der Waals surface area contributed by atoms with Gasteiger partial charge in [-0.1, -0.05) is 25.1 Å². The molecule has 5 nitrogen and oxygen atoms in total. The Morgan fingerprint density at radius 2 is 1.88 bits per heavy atom. The molecule has 0 bridgehead atoms. The van der Waals surface area contributed by atoms with Crippen LogP contribution < -0.4 is 5.32 Å². The highest BCUT2D eigenvalue weighted by atomic mass is 16.2. The monoisotopic (exact) mass is 342 g/mol. The third kappa shape index (κ3) is 3.53. The number of carbonyl (C=O) groups is 1. The summed E-state index contributed by atoms with van der Waals surface area (Å²) in [6.45, 7) is 8.96. The number of nitrogens with one attached hydrogen (secondary N) is 1. The fourth-order valence-electron chi connectivity index (χ4n) is 4.78. The molecule has 3 fully saturated rings. The number of carbonyl (C=O) groups excluding carboxylic acids is 1. The van der Waals surface area contributed by atoms with E-state index in [1.54, 1.807) is 0 Å². The number of hydrogen-bond donors (Lipinski definition) is 1. The van der Waals surface area contributed by atoms with Gasteiger partial charge in [-0.2, -0.15) is 0 Å². The van der Waals surface area contributed by atoms with Crippen LogP contribution in [0.25, 0.3) is 0 Å². The third-order valence-electron chi connectivity index (χ3n) is 6.16. The van der Waals surface area contributed by atoms with Gasteiger partial charge in [0.05, 0.1) is 0 Å². The van der Waals surface area contributed by atoms with Gasteiger partial charge in [-0.3, -0.25) is 4.90 Å². The van der Waals surface area contributed by atoms with Gasteiger partial charge in [-0.15, -0.1) is 0 Å². The first-order valence-corrected chi connectivity index (χ1v) is 9.83. The Morgan fingerprint density at radius 3 is 2.60 bits per heavy atom. The number of anilines is 1. The molecule has 3 saturated heterocycles. The van der Waals surface area contributed by atoms with Gasteiger partial charge in [0.1, 0.15) is 0 Å². The van der Waals surface area contributed by atoms with Gasteiger partial charge in [-0.05, 0) is 51.0 Å². The Balaban J connectivity index is 1.27. The van der Waals surface area contributed by atoms with E-state index >= 15 is 0 Å². The van der Waals surface area contributed by atoms with E-state index in [9.17, 15) is 4.79 Å². The normalized spacial score (nSPS) is 27.8. The zero-order chi connectivity index (χ0) is 17.2. The fraction of sp³-hybridized carbons (Fsp3) is 0.650. The molecule has 2 amide bonds. The van der Waals surface area contributed by atoms with Gasteiger partial charge in [0.2, 0.25) is 0 Å². The molecule has 1 aromatic rings. The number of hydrogen-bond acceptors (Lipinski definition) is 3. The molecule has 1 N–H and O–H groups in total. The number of para-hydroxylation sites is 1. The molecule has 0 aliphatic carbocycles. The Kier molecular flexibility index (Phi) is 4.95. The molecule has 3 heterocycles. The van der Waals surface area contributed by atoms with Crippen LogP contribution in [0.3, 0.4) is 0 Å². The van der Waals surface area contributed by atoms with E-state index in [0.29, 0.717) is 12.0 Å². The van der Waals surface area contributed by atoms with E-state index in [-0.39, 0.29) is 6.03 Å². The molecule has 1 aromatic carbocycles. The molecule has 2 atom stereocenters. The minimum Gasteiger partial charge on any atom is -0.323 e. The molecule has 0 saturated carbocycles. The second-order valence-corrected chi connectivity index (χ2v) is 7.80. The van der Waals surface area contributed by atoms with Gasteiger partial charge in [-0.25, -0.2) is 4.79 Å². The minimum atomic E-state index is 0.0540. The van der Waals surface area contributed by atoms with E-state index in [2.05, 4.69) is 22.0 Å². The van der Waals surface area contributed by atoms with E-state index in [0.717, 1.165) is 24.8 Å². The molecule has 0 spiro atoms. The SMILES string of the molecule is CCCN1CCC(N2C[C@H]3CN(C(=O)Nc4ccccc4)C[C@@H]32)CC1. The topological polar surface area (TPSA) is 38.8 Å². The summed E-state index contributed by atoms with van der Waals surface area (Å²) >= 11 is 0. The van der Waals surface area contributed by atoms with Crippen LogP contribution in [0.4, 0.5) is 10.5 Å². The number of amides is 2. The Labute approximate surface area is 151 Å². The first-order chi connectivity index (χ1) is 12.2. The van der Waals surface area contributed by atoms with Crippen LogP contribution in [0.1, 0.15) is 26.2 Å². The summed E-state index contributed by atoms with van der Waals surface area (Å²) < 4.78 is 0. The molecule has 4 rings (SSSR count). The van der Waals surface area contributed by atoms with Crippen LogP contribution in [-0.4, -0.2) is 72.1 Å². The second-order valence-electron chi connectivity index (χ2n) is 7.80. The zero-order valence-corrected chi connectivity index (χ0v) is 15.2. The largest absolute Gasteiger partial charge is 0.323 e. The van der Waals surface area contributed by atoms with Crippen molar-refractivity contribution in [3.63, 3.8) is 0 Å². The van der Waals surface area contributed by atoms with Crippen molar-refractivity contribution in [2.24, 2.45) is 5.92 Å². The second kappa shape index (κ2) is 7.34. The summed E-state index contributed by atoms with van der Waals surface area (Å²) in [5.41, 5.74) is 0.881. The van der Waals surface area contributed by atoms with Gasteiger partial charge < -0.3 is 15.1 Å². The fourth-order valence-corrected chi connectivity index (χ4v) is 4.78. The third-order valence-corrected chi connectivity index (χ3v) is 6.16. The van der Waals surface area contributed by atoms with Crippen molar-refractivity contribution < 1.29 is 4.79 Å². The van der Waals surface area contributed by atoms with Crippen molar-refractivity contribution in [1.82, 2.24) is 14.7 Å². The standard InChI is InChI=1S/C20H30N4O/c1-2-10-22-11-8-18(9-12-22)24-14-16-13-23(15-19(16)24)20(25)21-17-6-4-3-5-7-17/h3-7,16,18-19H,2,8-15H2,1H3,(H,21,25)/t16-,19+/m1/s1. The Bertz CT molecular complexity index is 585. The Morgan fingerprint density at radius 1 is 1.12 bits per heavy atom. The number of rotatable bonds is 4. The highest BCUT2D eigenvalue weighted by molar-refractivity contribution is 5.89. The highest BCUT2D eigenvalue weighted by Crippen LogP contribution is 2.36. The van der Waals surface area contributed by atoms with Gasteiger partial charge >= 0.3 is 6.03 Å². The number of nitrogens with zero attached hydrogens (tertiary/aromatic N) is 3. The molecule has 0 unspecified atom stereocenters. The molecule has 5 heteroatoms. The summed E-state index contributed by atoms with van der Waals surface area (Å²) in [6.07, 6.45) is 3.84. The van der Waals surface area contributed by atoms with E-state index in [4.69, 9.17) is 0 Å². The summed E-state index contributed by atoms with van der Waals surface area (Å²) in [6, 6.07) is 11.1. The van der Waals surface area contributed by atoms with Crippen LogP contribution in [0.5, 0.6) is 0 Å². The summed E-state index contributed by atoms with van der Waals surface area (Å²) in [5, 5.41) is 3.03. The number of benzene rings is 1. The van der Waals surface area contributed by atoms with Crippen molar-refractivity contribution >= 4 is 11.7 Å². The number of fused-ring (bicyclic) bond motifs is 1. The van der Waals surface area contributed by atoms with Crippen LogP contribution in [-0.2, 0) is 0 Å². The lowest BCUT2D eigenvalue weighted by Gasteiger charge is -2.50. The maximum Gasteiger partial charge on any atom is 0.321 e. The van der Waals surface area contributed by atoms with Crippen molar-refractivity contribution in [3.05, 3.63) is 30.3 Å². The maximum atomic E-state index is 12.5. The average Bonchev–Trinajstić information content (AvgIpc) is 2.95. The van der Waals surface area contributed by atoms with E-state index in [1.807, 2.05) is 35.2 Å². The summed E-state index contributed by atoms with van der Waals surface area (Å²) in [4.78, 5) is 19.8. The first-order valence-electron chi connectivity index (χ1n) is 9.83. The smallest absolute Gasteiger partial charge is 0.321 e. The van der Waals surface area contributed by atoms with Crippen molar-refractivity contribution in [2.45, 2.75) is 38.3 Å².